The molecule has 11 heteroatoms. The number of carbonyl (C=O) groups excluding carboxylic acids is 3. The zero-order chi connectivity index (χ0) is 31.4. The van der Waals surface area contributed by atoms with Crippen molar-refractivity contribution in [1.29, 1.82) is 0 Å². The first-order valence-electron chi connectivity index (χ1n) is 14.2. The van der Waals surface area contributed by atoms with Crippen LogP contribution in [0, 0.1) is 11.8 Å². The number of anilines is 1. The number of carbonyl (C=O) groups is 3. The predicted molar refractivity (Wildman–Crippen MR) is 160 cm³/mol. The minimum Gasteiger partial charge on any atom is -0.510 e. The van der Waals surface area contributed by atoms with Crippen LogP contribution >= 0.6 is 0 Å². The van der Waals surface area contributed by atoms with Gasteiger partial charge >= 0.3 is 0 Å². The normalized spacial score (nSPS) is 25.0. The van der Waals surface area contributed by atoms with Crippen molar-refractivity contribution in [1.82, 2.24) is 10.2 Å². The highest BCUT2D eigenvalue weighted by Crippen LogP contribution is 2.53. The molecule has 0 bridgehead atoms. The fraction of sp³-hybridized carbons (Fsp3) is 0.406. The second kappa shape index (κ2) is 11.1. The van der Waals surface area contributed by atoms with E-state index >= 15 is 0 Å². The monoisotopic (exact) mass is 590 g/mol. The van der Waals surface area contributed by atoms with Crippen LogP contribution in [0.5, 0.6) is 5.75 Å². The highest BCUT2D eigenvalue weighted by molar-refractivity contribution is 6.25. The van der Waals surface area contributed by atoms with Gasteiger partial charge in [0, 0.05) is 43.4 Å². The molecule has 3 aliphatic carbocycles. The molecule has 0 saturated heterocycles. The van der Waals surface area contributed by atoms with E-state index in [0.29, 0.717) is 17.7 Å². The standard InChI is InChI=1S/C32H38N4O7/c1-35(2)21-14-18(15-34-11-10-16-8-6-5-7-9-16)26(37)23-19(21)12-17-13-20-25(36(3)4)28(39)24(31(33)42)30(41)32(20,43)29(40)22(17)27(23)38/h5-9,14,17,20,25,34,37,39-40,43H,10-13,15H2,1-4H3,(H2,33,42)/t17-,20-,25?,32-/m0/s1. The van der Waals surface area contributed by atoms with Crippen LogP contribution in [0.25, 0.3) is 0 Å². The number of nitrogens with two attached hydrogens (primary N) is 1. The molecule has 2 aromatic carbocycles. The molecule has 1 amide bonds. The molecule has 2 aromatic rings. The van der Waals surface area contributed by atoms with E-state index in [0.717, 1.165) is 17.7 Å². The lowest BCUT2D eigenvalue weighted by atomic mass is 9.58. The number of amides is 1. The minimum atomic E-state index is -2.67. The number of phenols is 1. The second-order valence-electron chi connectivity index (χ2n) is 12.0. The fourth-order valence-corrected chi connectivity index (χ4v) is 6.99. The van der Waals surface area contributed by atoms with Crippen LogP contribution in [0.15, 0.2) is 59.1 Å². The SMILES string of the molecule is CN(C)c1cc(CNCCc2ccccc2)c(O)c2c1C[C@H]1C[C@H]3C(N(C)C)C(O)=C(C(N)=O)C(=O)[C@@]3(O)C(O)=C1C2=O. The topological polar surface area (TPSA) is 177 Å². The van der Waals surface area contributed by atoms with Crippen molar-refractivity contribution in [2.24, 2.45) is 17.6 Å². The molecule has 0 spiro atoms. The number of phenolic OH excluding ortho intramolecular Hbond substituents is 1. The molecule has 0 aliphatic heterocycles. The van der Waals surface area contributed by atoms with Crippen LogP contribution in [-0.4, -0.2) is 89.2 Å². The number of primary amides is 1. The minimum absolute atomic E-state index is 0.00633. The van der Waals surface area contributed by atoms with Gasteiger partial charge in [-0.05, 0) is 63.0 Å². The number of benzene rings is 2. The second-order valence-corrected chi connectivity index (χ2v) is 12.0. The predicted octanol–water partition coefficient (Wildman–Crippen LogP) is 1.52. The number of aromatic hydroxyl groups is 1. The molecular formula is C32H38N4O7. The Balaban J connectivity index is 1.56. The van der Waals surface area contributed by atoms with Gasteiger partial charge in [0.15, 0.2) is 11.4 Å². The van der Waals surface area contributed by atoms with Crippen molar-refractivity contribution in [3.8, 4) is 5.75 Å². The summed E-state index contributed by atoms with van der Waals surface area (Å²) in [7, 11) is 6.88. The Morgan fingerprint density at radius 2 is 1.77 bits per heavy atom. The summed E-state index contributed by atoms with van der Waals surface area (Å²) in [5, 5.41) is 49.0. The summed E-state index contributed by atoms with van der Waals surface area (Å²) >= 11 is 0. The van der Waals surface area contributed by atoms with Crippen LogP contribution in [-0.2, 0) is 29.0 Å². The lowest BCUT2D eigenvalue weighted by Gasteiger charge is -2.50. The molecule has 4 atom stereocenters. The van der Waals surface area contributed by atoms with Crippen LogP contribution in [0.3, 0.4) is 0 Å². The highest BCUT2D eigenvalue weighted by atomic mass is 16.3. The zero-order valence-electron chi connectivity index (χ0n) is 24.7. The third-order valence-corrected chi connectivity index (χ3v) is 9.01. The van der Waals surface area contributed by atoms with Gasteiger partial charge in [-0.2, -0.15) is 0 Å². The molecule has 228 valence electrons. The van der Waals surface area contributed by atoms with E-state index in [4.69, 9.17) is 5.73 Å². The summed E-state index contributed by atoms with van der Waals surface area (Å²) in [4.78, 5) is 43.2. The summed E-state index contributed by atoms with van der Waals surface area (Å²) in [5.74, 6) is -6.59. The maximum absolute atomic E-state index is 14.1. The molecule has 7 N–H and O–H groups in total. The number of ketones is 2. The molecule has 0 aromatic heterocycles. The Bertz CT molecular complexity index is 1560. The molecule has 0 fully saturated rings. The van der Waals surface area contributed by atoms with Crippen molar-refractivity contribution in [2.75, 3.05) is 39.6 Å². The maximum Gasteiger partial charge on any atom is 0.255 e. The molecule has 43 heavy (non-hydrogen) atoms. The van der Waals surface area contributed by atoms with Crippen LogP contribution in [0.1, 0.15) is 33.5 Å². The number of Topliss-reactive ketones (excluding diaryl/α,β-unsaturated/α-hetero) is 2. The van der Waals surface area contributed by atoms with E-state index in [1.54, 1.807) is 14.1 Å². The van der Waals surface area contributed by atoms with Gasteiger partial charge in [-0.25, -0.2) is 0 Å². The highest BCUT2D eigenvalue weighted by Gasteiger charge is 2.63. The van der Waals surface area contributed by atoms with Crippen LogP contribution in [0.4, 0.5) is 5.69 Å². The largest absolute Gasteiger partial charge is 0.510 e. The first kappa shape index (κ1) is 30.3. The summed E-state index contributed by atoms with van der Waals surface area (Å²) in [6.45, 7) is 0.904. The molecule has 0 saturated carbocycles. The molecule has 0 radical (unpaired) electrons. The summed E-state index contributed by atoms with van der Waals surface area (Å²) in [6.07, 6.45) is 1.05. The van der Waals surface area contributed by atoms with Crippen LogP contribution < -0.4 is 16.0 Å². The number of nitrogens with one attached hydrogen (secondary N) is 1. The summed E-state index contributed by atoms with van der Waals surface area (Å²) in [6, 6.07) is 10.8. The Hall–Kier alpha value is -4.19. The number of hydrogen-bond donors (Lipinski definition) is 6. The molecule has 11 nitrogen and oxygen atoms in total. The quantitative estimate of drug-likeness (QED) is 0.195. The lowest BCUT2D eigenvalue weighted by Crippen LogP contribution is -2.63. The summed E-state index contributed by atoms with van der Waals surface area (Å²) in [5.41, 5.74) is 4.72. The smallest absolute Gasteiger partial charge is 0.255 e. The van der Waals surface area contributed by atoms with E-state index in [2.05, 4.69) is 5.32 Å². The van der Waals surface area contributed by atoms with E-state index < -0.39 is 58.0 Å². The Morgan fingerprint density at radius 1 is 1.09 bits per heavy atom. The van der Waals surface area contributed by atoms with Crippen molar-refractivity contribution >= 4 is 23.2 Å². The molecule has 1 unspecified atom stereocenters. The number of nitrogens with zero attached hydrogens (tertiary/aromatic N) is 2. The van der Waals surface area contributed by atoms with E-state index in [9.17, 15) is 34.8 Å². The fourth-order valence-electron chi connectivity index (χ4n) is 6.99. The van der Waals surface area contributed by atoms with Gasteiger partial charge in [-0.3, -0.25) is 19.3 Å². The molecular weight excluding hydrogens is 552 g/mol. The number of allylic oxidation sites excluding steroid dienone is 1. The third-order valence-electron chi connectivity index (χ3n) is 9.01. The van der Waals surface area contributed by atoms with Crippen molar-refractivity contribution < 1.29 is 34.8 Å². The van der Waals surface area contributed by atoms with Crippen molar-refractivity contribution in [3.63, 3.8) is 0 Å². The van der Waals surface area contributed by atoms with Gasteiger partial charge < -0.3 is 36.4 Å². The third kappa shape index (κ3) is 4.77. The average Bonchev–Trinajstić information content (AvgIpc) is 2.94. The van der Waals surface area contributed by atoms with Gasteiger partial charge in [-0.15, -0.1) is 0 Å². The lowest BCUT2D eigenvalue weighted by molar-refractivity contribution is -0.148. The average molecular weight is 591 g/mol. The van der Waals surface area contributed by atoms with Crippen molar-refractivity contribution in [2.45, 2.75) is 37.5 Å². The molecule has 3 aliphatic rings. The van der Waals surface area contributed by atoms with Gasteiger partial charge in [0.2, 0.25) is 5.78 Å². The Labute approximate surface area is 249 Å². The number of fused-ring (bicyclic) bond motifs is 3. The number of likely N-dealkylation sites (N-methyl/N-ethyl adjacent to an activating group) is 1. The van der Waals surface area contributed by atoms with Gasteiger partial charge in [0.25, 0.3) is 5.91 Å². The zero-order valence-corrected chi connectivity index (χ0v) is 24.7. The Kier molecular flexibility index (Phi) is 7.84. The van der Waals surface area contributed by atoms with Crippen LogP contribution in [0.2, 0.25) is 0 Å². The Morgan fingerprint density at radius 3 is 2.37 bits per heavy atom. The maximum atomic E-state index is 14.1. The van der Waals surface area contributed by atoms with Gasteiger partial charge in [-0.1, -0.05) is 30.3 Å². The molecule has 0 heterocycles. The van der Waals surface area contributed by atoms with E-state index in [1.165, 1.54) is 4.90 Å². The van der Waals surface area contributed by atoms with Gasteiger partial charge in [0.05, 0.1) is 11.6 Å². The first-order valence-corrected chi connectivity index (χ1v) is 14.2. The summed E-state index contributed by atoms with van der Waals surface area (Å²) < 4.78 is 0. The van der Waals surface area contributed by atoms with Gasteiger partial charge in [0.1, 0.15) is 22.8 Å². The van der Waals surface area contributed by atoms with Crippen molar-refractivity contribution in [3.05, 3.63) is 81.3 Å². The number of aliphatic hydroxyl groups is 3. The van der Waals surface area contributed by atoms with E-state index in [1.807, 2.05) is 55.4 Å². The number of rotatable bonds is 8. The van der Waals surface area contributed by atoms with E-state index in [-0.39, 0.29) is 36.3 Å². The molecule has 5 rings (SSSR count). The number of aliphatic hydroxyl groups excluding tert-OH is 2. The first-order chi connectivity index (χ1) is 20.3. The number of hydrogen-bond acceptors (Lipinski definition) is 10.